The van der Waals surface area contributed by atoms with Crippen molar-refractivity contribution in [3.05, 3.63) is 52.6 Å². The van der Waals surface area contributed by atoms with Crippen molar-refractivity contribution >= 4 is 5.91 Å². The molecule has 2 aromatic rings. The van der Waals surface area contributed by atoms with Crippen molar-refractivity contribution in [2.45, 2.75) is 33.2 Å². The van der Waals surface area contributed by atoms with E-state index in [2.05, 4.69) is 15.5 Å². The Morgan fingerprint density at radius 1 is 1.40 bits per heavy atom. The summed E-state index contributed by atoms with van der Waals surface area (Å²) in [7, 11) is 0. The molecule has 106 valence electrons. The van der Waals surface area contributed by atoms with E-state index in [1.807, 2.05) is 19.9 Å². The Morgan fingerprint density at radius 2 is 2.20 bits per heavy atom. The van der Waals surface area contributed by atoms with Crippen LogP contribution in [0, 0.1) is 19.7 Å². The summed E-state index contributed by atoms with van der Waals surface area (Å²) in [6.45, 7) is 4.29. The Kier molecular flexibility index (Phi) is 4.50. The largest absolute Gasteiger partial charge is 0.352 e. The van der Waals surface area contributed by atoms with Gasteiger partial charge in [-0.15, -0.1) is 0 Å². The molecule has 0 aliphatic rings. The molecule has 4 nitrogen and oxygen atoms in total. The Bertz CT molecular complexity index is 587. The number of hydrogen-bond donors (Lipinski definition) is 2. The van der Waals surface area contributed by atoms with Gasteiger partial charge in [-0.25, -0.2) is 4.39 Å². The maximum absolute atomic E-state index is 13.0. The third kappa shape index (κ3) is 3.66. The van der Waals surface area contributed by atoms with Crippen molar-refractivity contribution in [2.24, 2.45) is 0 Å². The minimum atomic E-state index is -0.271. The van der Waals surface area contributed by atoms with Gasteiger partial charge in [-0.2, -0.15) is 5.10 Å². The van der Waals surface area contributed by atoms with Crippen LogP contribution in [-0.4, -0.2) is 16.1 Å². The second kappa shape index (κ2) is 6.32. The maximum atomic E-state index is 13.0. The number of amides is 1. The highest BCUT2D eigenvalue weighted by Crippen LogP contribution is 2.09. The minimum Gasteiger partial charge on any atom is -0.352 e. The van der Waals surface area contributed by atoms with Crippen LogP contribution in [0.4, 0.5) is 4.39 Å². The van der Waals surface area contributed by atoms with Crippen LogP contribution in [-0.2, 0) is 17.8 Å². The highest BCUT2D eigenvalue weighted by molar-refractivity contribution is 5.76. The van der Waals surface area contributed by atoms with Crippen LogP contribution in [0.2, 0.25) is 0 Å². The summed E-state index contributed by atoms with van der Waals surface area (Å²) in [5.41, 5.74) is 3.71. The summed E-state index contributed by atoms with van der Waals surface area (Å²) in [5.74, 6) is -0.318. The third-order valence-corrected chi connectivity index (χ3v) is 3.27. The Hall–Kier alpha value is -2.17. The maximum Gasteiger partial charge on any atom is 0.220 e. The van der Waals surface area contributed by atoms with Gasteiger partial charge in [0.05, 0.1) is 5.69 Å². The predicted octanol–water partition coefficient (Wildman–Crippen LogP) is 2.41. The molecule has 0 saturated carbocycles. The lowest BCUT2D eigenvalue weighted by Crippen LogP contribution is -2.23. The number of hydrogen-bond acceptors (Lipinski definition) is 2. The van der Waals surface area contributed by atoms with E-state index in [-0.39, 0.29) is 11.7 Å². The van der Waals surface area contributed by atoms with E-state index in [0.717, 1.165) is 22.5 Å². The number of H-pyrrole nitrogens is 1. The van der Waals surface area contributed by atoms with Crippen molar-refractivity contribution in [3.63, 3.8) is 0 Å². The van der Waals surface area contributed by atoms with Crippen LogP contribution in [0.25, 0.3) is 0 Å². The molecule has 1 aromatic carbocycles. The average molecular weight is 275 g/mol. The molecular formula is C15H18FN3O. The number of aromatic amines is 1. The van der Waals surface area contributed by atoms with Crippen LogP contribution in [0.1, 0.15) is 28.9 Å². The van der Waals surface area contributed by atoms with Crippen molar-refractivity contribution < 1.29 is 9.18 Å². The van der Waals surface area contributed by atoms with Crippen molar-refractivity contribution in [1.82, 2.24) is 15.5 Å². The number of carbonyl (C=O) groups excluding carboxylic acids is 1. The van der Waals surface area contributed by atoms with Crippen LogP contribution in [0.15, 0.2) is 24.3 Å². The molecule has 0 bridgehead atoms. The van der Waals surface area contributed by atoms with E-state index in [4.69, 9.17) is 0 Å². The zero-order valence-corrected chi connectivity index (χ0v) is 11.7. The molecule has 1 aromatic heterocycles. The quantitative estimate of drug-likeness (QED) is 0.880. The zero-order chi connectivity index (χ0) is 14.5. The van der Waals surface area contributed by atoms with Crippen molar-refractivity contribution in [3.8, 4) is 0 Å². The molecule has 0 spiro atoms. The summed E-state index contributed by atoms with van der Waals surface area (Å²) in [6, 6.07) is 6.33. The lowest BCUT2D eigenvalue weighted by atomic mass is 10.1. The smallest absolute Gasteiger partial charge is 0.220 e. The van der Waals surface area contributed by atoms with Crippen LogP contribution < -0.4 is 5.32 Å². The molecule has 0 saturated heterocycles. The lowest BCUT2D eigenvalue weighted by Gasteiger charge is -2.06. The second-order valence-corrected chi connectivity index (χ2v) is 4.82. The minimum absolute atomic E-state index is 0.0470. The normalized spacial score (nSPS) is 10.6. The highest BCUT2D eigenvalue weighted by atomic mass is 19.1. The molecular weight excluding hydrogens is 257 g/mol. The zero-order valence-electron chi connectivity index (χ0n) is 11.7. The van der Waals surface area contributed by atoms with E-state index in [1.165, 1.54) is 12.1 Å². The molecule has 5 heteroatoms. The van der Waals surface area contributed by atoms with Gasteiger partial charge in [0.2, 0.25) is 5.91 Å². The first kappa shape index (κ1) is 14.2. The lowest BCUT2D eigenvalue weighted by molar-refractivity contribution is -0.121. The highest BCUT2D eigenvalue weighted by Gasteiger charge is 2.08. The molecule has 1 amide bonds. The second-order valence-electron chi connectivity index (χ2n) is 4.82. The average Bonchev–Trinajstić information content (AvgIpc) is 2.74. The summed E-state index contributed by atoms with van der Waals surface area (Å²) >= 11 is 0. The van der Waals surface area contributed by atoms with Gasteiger partial charge in [-0.05, 0) is 38.0 Å². The fourth-order valence-corrected chi connectivity index (χ4v) is 2.06. The third-order valence-electron chi connectivity index (χ3n) is 3.27. The number of aryl methyl sites for hydroxylation is 3. The fourth-order valence-electron chi connectivity index (χ4n) is 2.06. The van der Waals surface area contributed by atoms with Gasteiger partial charge < -0.3 is 5.32 Å². The molecule has 20 heavy (non-hydrogen) atoms. The number of carbonyl (C=O) groups is 1. The summed E-state index contributed by atoms with van der Waals surface area (Å²) in [4.78, 5) is 11.8. The number of rotatable bonds is 5. The number of aromatic nitrogens is 2. The standard InChI is InChI=1S/C15H18FN3O/c1-10-14(11(2)19-18-10)9-17-15(20)7-6-12-4-3-5-13(16)8-12/h3-5,8H,6-7,9H2,1-2H3,(H,17,20)(H,18,19). The fraction of sp³-hybridized carbons (Fsp3) is 0.333. The van der Waals surface area contributed by atoms with E-state index in [0.29, 0.717) is 19.4 Å². The van der Waals surface area contributed by atoms with Gasteiger partial charge in [0.1, 0.15) is 5.82 Å². The van der Waals surface area contributed by atoms with Crippen LogP contribution in [0.5, 0.6) is 0 Å². The summed E-state index contributed by atoms with van der Waals surface area (Å²) in [5, 5.41) is 9.82. The molecule has 0 atom stereocenters. The van der Waals surface area contributed by atoms with E-state index in [9.17, 15) is 9.18 Å². The molecule has 2 rings (SSSR count). The number of nitrogens with zero attached hydrogens (tertiary/aromatic N) is 1. The van der Waals surface area contributed by atoms with Gasteiger partial charge in [-0.1, -0.05) is 12.1 Å². The van der Waals surface area contributed by atoms with Crippen molar-refractivity contribution in [1.29, 1.82) is 0 Å². The van der Waals surface area contributed by atoms with Gasteiger partial charge in [0.15, 0.2) is 0 Å². The van der Waals surface area contributed by atoms with E-state index < -0.39 is 0 Å². The monoisotopic (exact) mass is 275 g/mol. The molecule has 0 aliphatic carbocycles. The molecule has 0 fully saturated rings. The first-order valence-electron chi connectivity index (χ1n) is 6.58. The first-order chi connectivity index (χ1) is 9.56. The molecule has 0 aliphatic heterocycles. The van der Waals surface area contributed by atoms with Crippen molar-refractivity contribution in [2.75, 3.05) is 0 Å². The summed E-state index contributed by atoms with van der Waals surface area (Å²) < 4.78 is 13.0. The molecule has 0 unspecified atom stereocenters. The van der Waals surface area contributed by atoms with Gasteiger partial charge in [-0.3, -0.25) is 9.89 Å². The predicted molar refractivity (Wildman–Crippen MR) is 74.6 cm³/mol. The van der Waals surface area contributed by atoms with Gasteiger partial charge in [0.25, 0.3) is 0 Å². The van der Waals surface area contributed by atoms with E-state index in [1.54, 1.807) is 6.07 Å². The Labute approximate surface area is 117 Å². The van der Waals surface area contributed by atoms with Gasteiger partial charge >= 0.3 is 0 Å². The SMILES string of the molecule is Cc1n[nH]c(C)c1CNC(=O)CCc1cccc(F)c1. The Balaban J connectivity index is 1.81. The van der Waals surface area contributed by atoms with Gasteiger partial charge in [0, 0.05) is 24.2 Å². The Morgan fingerprint density at radius 3 is 2.85 bits per heavy atom. The molecule has 1 heterocycles. The van der Waals surface area contributed by atoms with Crippen LogP contribution >= 0.6 is 0 Å². The number of halogens is 1. The molecule has 0 radical (unpaired) electrons. The number of nitrogens with one attached hydrogen (secondary N) is 2. The van der Waals surface area contributed by atoms with E-state index >= 15 is 0 Å². The first-order valence-corrected chi connectivity index (χ1v) is 6.58. The topological polar surface area (TPSA) is 57.8 Å². The number of benzene rings is 1. The summed E-state index contributed by atoms with van der Waals surface area (Å²) in [6.07, 6.45) is 0.881. The molecule has 2 N–H and O–H groups in total. The van der Waals surface area contributed by atoms with Crippen LogP contribution in [0.3, 0.4) is 0 Å².